The first-order valence-electron chi connectivity index (χ1n) is 7.94. The summed E-state index contributed by atoms with van der Waals surface area (Å²) in [5, 5.41) is 18.0. The van der Waals surface area contributed by atoms with Crippen molar-refractivity contribution in [1.82, 2.24) is 29.5 Å². The van der Waals surface area contributed by atoms with E-state index in [1.165, 1.54) is 0 Å². The van der Waals surface area contributed by atoms with Crippen molar-refractivity contribution in [3.63, 3.8) is 0 Å². The fourth-order valence-corrected chi connectivity index (χ4v) is 3.42. The molecule has 3 aromatic rings. The molecule has 3 heterocycles. The van der Waals surface area contributed by atoms with Crippen LogP contribution < -0.4 is 5.32 Å². The van der Waals surface area contributed by atoms with Crippen molar-refractivity contribution < 1.29 is 5.11 Å². The standard InChI is InChI=1S/C16H20N6O/c23-15-7-12(11-21-4-1-2-20-21)6-14(15)18-8-13-9-19-16-10-17-3-5-22(13)16/h1-5,9-10,12,14-15,18,23H,6-8,11H2/t12?,14-,15-/m1/s1. The van der Waals surface area contributed by atoms with Crippen molar-refractivity contribution in [2.45, 2.75) is 38.1 Å². The van der Waals surface area contributed by atoms with Crippen molar-refractivity contribution in [1.29, 1.82) is 0 Å². The molecule has 0 amide bonds. The summed E-state index contributed by atoms with van der Waals surface area (Å²) in [6.45, 7) is 1.55. The summed E-state index contributed by atoms with van der Waals surface area (Å²) in [6, 6.07) is 2.05. The fraction of sp³-hybridized carbons (Fsp3) is 0.438. The highest BCUT2D eigenvalue weighted by Crippen LogP contribution is 2.27. The van der Waals surface area contributed by atoms with Gasteiger partial charge in [0.1, 0.15) is 0 Å². The third-order valence-electron chi connectivity index (χ3n) is 4.57. The van der Waals surface area contributed by atoms with E-state index < -0.39 is 0 Å². The molecule has 1 aliphatic rings. The van der Waals surface area contributed by atoms with Gasteiger partial charge in [-0.15, -0.1) is 0 Å². The van der Waals surface area contributed by atoms with Gasteiger partial charge in [0.25, 0.3) is 0 Å². The number of hydrogen-bond donors (Lipinski definition) is 2. The van der Waals surface area contributed by atoms with E-state index in [0.29, 0.717) is 12.5 Å². The van der Waals surface area contributed by atoms with Crippen LogP contribution in [-0.2, 0) is 13.1 Å². The molecule has 0 bridgehead atoms. The Kier molecular flexibility index (Phi) is 3.80. The molecule has 4 rings (SSSR count). The van der Waals surface area contributed by atoms with Gasteiger partial charge < -0.3 is 10.4 Å². The van der Waals surface area contributed by atoms with Gasteiger partial charge in [-0.3, -0.25) is 14.1 Å². The van der Waals surface area contributed by atoms with E-state index in [9.17, 15) is 5.11 Å². The Labute approximate surface area is 134 Å². The zero-order valence-electron chi connectivity index (χ0n) is 12.8. The van der Waals surface area contributed by atoms with Crippen molar-refractivity contribution in [3.8, 4) is 0 Å². The monoisotopic (exact) mass is 312 g/mol. The zero-order chi connectivity index (χ0) is 15.6. The Morgan fingerprint density at radius 1 is 1.22 bits per heavy atom. The second-order valence-electron chi connectivity index (χ2n) is 6.17. The number of nitrogens with zero attached hydrogens (tertiary/aromatic N) is 5. The first kappa shape index (κ1) is 14.3. The third kappa shape index (κ3) is 2.97. The van der Waals surface area contributed by atoms with Crippen LogP contribution in [0.25, 0.3) is 5.65 Å². The van der Waals surface area contributed by atoms with E-state index in [-0.39, 0.29) is 12.1 Å². The predicted octanol–water partition coefficient (Wildman–Crippen LogP) is 0.855. The molecule has 3 atom stereocenters. The Bertz CT molecular complexity index is 768. The minimum Gasteiger partial charge on any atom is -0.391 e. The molecule has 1 fully saturated rings. The molecule has 1 aliphatic carbocycles. The number of rotatable bonds is 5. The SMILES string of the molecule is O[C@@H]1CC(Cn2cccn2)C[C@H]1NCc1cnc2cnccn12. The lowest BCUT2D eigenvalue weighted by molar-refractivity contribution is 0.145. The number of hydrogen-bond acceptors (Lipinski definition) is 5. The van der Waals surface area contributed by atoms with Crippen molar-refractivity contribution in [3.05, 3.63) is 48.9 Å². The molecule has 0 aromatic carbocycles. The maximum atomic E-state index is 10.3. The topological polar surface area (TPSA) is 80.3 Å². The molecule has 7 heteroatoms. The fourth-order valence-electron chi connectivity index (χ4n) is 3.42. The lowest BCUT2D eigenvalue weighted by Crippen LogP contribution is -2.35. The summed E-state index contributed by atoms with van der Waals surface area (Å²) in [5.41, 5.74) is 1.91. The summed E-state index contributed by atoms with van der Waals surface area (Å²) in [5.74, 6) is 0.453. The number of nitrogens with one attached hydrogen (secondary N) is 1. The first-order chi connectivity index (χ1) is 11.3. The number of fused-ring (bicyclic) bond motifs is 1. The van der Waals surface area contributed by atoms with E-state index >= 15 is 0 Å². The lowest BCUT2D eigenvalue weighted by atomic mass is 10.1. The van der Waals surface area contributed by atoms with Crippen LogP contribution in [0, 0.1) is 5.92 Å². The van der Waals surface area contributed by atoms with Crippen molar-refractivity contribution in [2.24, 2.45) is 5.92 Å². The second-order valence-corrected chi connectivity index (χ2v) is 6.17. The molecule has 1 saturated carbocycles. The normalized spacial score (nSPS) is 24.5. The Morgan fingerprint density at radius 2 is 2.17 bits per heavy atom. The Hall–Kier alpha value is -2.25. The summed E-state index contributed by atoms with van der Waals surface area (Å²) in [4.78, 5) is 8.40. The highest BCUT2D eigenvalue weighted by Gasteiger charge is 2.32. The van der Waals surface area contributed by atoms with Crippen molar-refractivity contribution >= 4 is 5.65 Å². The zero-order valence-corrected chi connectivity index (χ0v) is 12.8. The van der Waals surface area contributed by atoms with E-state index in [2.05, 4.69) is 20.4 Å². The van der Waals surface area contributed by atoms with Gasteiger partial charge in [-0.2, -0.15) is 5.10 Å². The van der Waals surface area contributed by atoms with Crippen LogP contribution in [0.2, 0.25) is 0 Å². The van der Waals surface area contributed by atoms with E-state index in [1.807, 2.05) is 33.7 Å². The maximum absolute atomic E-state index is 10.3. The maximum Gasteiger partial charge on any atom is 0.155 e. The molecule has 120 valence electrons. The molecule has 1 unspecified atom stereocenters. The van der Waals surface area contributed by atoms with Crippen LogP contribution in [0.3, 0.4) is 0 Å². The molecule has 0 radical (unpaired) electrons. The van der Waals surface area contributed by atoms with Gasteiger partial charge in [0.05, 0.1) is 24.2 Å². The number of aliphatic hydroxyl groups is 1. The Morgan fingerprint density at radius 3 is 3.04 bits per heavy atom. The quantitative estimate of drug-likeness (QED) is 0.730. The van der Waals surface area contributed by atoms with E-state index in [1.54, 1.807) is 18.6 Å². The van der Waals surface area contributed by atoms with Crippen LogP contribution in [-0.4, -0.2) is 41.4 Å². The van der Waals surface area contributed by atoms with Crippen LogP contribution >= 0.6 is 0 Å². The van der Waals surface area contributed by atoms with E-state index in [0.717, 1.165) is 30.7 Å². The smallest absolute Gasteiger partial charge is 0.155 e. The van der Waals surface area contributed by atoms with Gasteiger partial charge in [-0.05, 0) is 24.8 Å². The molecule has 0 aliphatic heterocycles. The van der Waals surface area contributed by atoms with Gasteiger partial charge in [0, 0.05) is 43.9 Å². The number of aliphatic hydroxyl groups excluding tert-OH is 1. The van der Waals surface area contributed by atoms with Gasteiger partial charge in [-0.1, -0.05) is 0 Å². The minimum absolute atomic E-state index is 0.114. The molecular formula is C16H20N6O. The molecule has 0 saturated heterocycles. The molecule has 7 nitrogen and oxygen atoms in total. The average Bonchev–Trinajstić information content (AvgIpc) is 3.27. The van der Waals surface area contributed by atoms with Crippen LogP contribution in [0.1, 0.15) is 18.5 Å². The summed E-state index contributed by atoms with van der Waals surface area (Å²) in [6.07, 6.45) is 12.5. The van der Waals surface area contributed by atoms with E-state index in [4.69, 9.17) is 0 Å². The average molecular weight is 312 g/mol. The van der Waals surface area contributed by atoms with Gasteiger partial charge in [0.2, 0.25) is 0 Å². The lowest BCUT2D eigenvalue weighted by Gasteiger charge is -2.16. The molecule has 3 aromatic heterocycles. The minimum atomic E-state index is -0.309. The summed E-state index contributed by atoms with van der Waals surface area (Å²) >= 11 is 0. The molecule has 2 N–H and O–H groups in total. The van der Waals surface area contributed by atoms with Crippen molar-refractivity contribution in [2.75, 3.05) is 0 Å². The van der Waals surface area contributed by atoms with Gasteiger partial charge >= 0.3 is 0 Å². The molecule has 23 heavy (non-hydrogen) atoms. The summed E-state index contributed by atoms with van der Waals surface area (Å²) < 4.78 is 3.96. The van der Waals surface area contributed by atoms with Crippen LogP contribution in [0.5, 0.6) is 0 Å². The summed E-state index contributed by atoms with van der Waals surface area (Å²) in [7, 11) is 0. The number of aromatic nitrogens is 5. The third-order valence-corrected chi connectivity index (χ3v) is 4.57. The Balaban J connectivity index is 1.37. The molecule has 0 spiro atoms. The van der Waals surface area contributed by atoms with Gasteiger partial charge in [-0.25, -0.2) is 4.98 Å². The second kappa shape index (κ2) is 6.10. The highest BCUT2D eigenvalue weighted by atomic mass is 16.3. The first-order valence-corrected chi connectivity index (χ1v) is 7.94. The van der Waals surface area contributed by atoms with Gasteiger partial charge in [0.15, 0.2) is 5.65 Å². The highest BCUT2D eigenvalue weighted by molar-refractivity contribution is 5.36. The van der Waals surface area contributed by atoms with Crippen LogP contribution in [0.4, 0.5) is 0 Å². The largest absolute Gasteiger partial charge is 0.391 e. The number of imidazole rings is 1. The van der Waals surface area contributed by atoms with Crippen LogP contribution in [0.15, 0.2) is 43.2 Å². The molecular weight excluding hydrogens is 292 g/mol. The predicted molar refractivity (Wildman–Crippen MR) is 84.6 cm³/mol.